The van der Waals surface area contributed by atoms with Crippen LogP contribution in [0.25, 0.3) is 0 Å². The SMILES string of the molecule is Cc1cc(F)ccc1C1CC(NC(=O)OC(C)(C)C)CCN1C(N)=O. The fourth-order valence-electron chi connectivity index (χ4n) is 3.14. The van der Waals surface area contributed by atoms with Crippen LogP contribution in [-0.2, 0) is 4.74 Å². The number of ether oxygens (including phenoxy) is 1. The van der Waals surface area contributed by atoms with Crippen molar-refractivity contribution in [2.75, 3.05) is 6.54 Å². The molecule has 0 radical (unpaired) electrons. The fourth-order valence-corrected chi connectivity index (χ4v) is 3.14. The molecule has 1 aliphatic heterocycles. The van der Waals surface area contributed by atoms with Crippen LogP contribution < -0.4 is 11.1 Å². The number of hydrogen-bond acceptors (Lipinski definition) is 3. The lowest BCUT2D eigenvalue weighted by Gasteiger charge is -2.39. The Morgan fingerprint density at radius 2 is 2.04 bits per heavy atom. The van der Waals surface area contributed by atoms with Gasteiger partial charge in [-0.2, -0.15) is 0 Å². The molecule has 1 aromatic carbocycles. The summed E-state index contributed by atoms with van der Waals surface area (Å²) in [5.41, 5.74) is 6.50. The molecule has 0 saturated carbocycles. The Bertz CT molecular complexity index is 657. The maximum absolute atomic E-state index is 13.4. The van der Waals surface area contributed by atoms with Gasteiger partial charge in [0.2, 0.25) is 0 Å². The maximum Gasteiger partial charge on any atom is 0.407 e. The number of piperidine rings is 1. The van der Waals surface area contributed by atoms with E-state index >= 15 is 0 Å². The molecule has 7 heteroatoms. The van der Waals surface area contributed by atoms with Gasteiger partial charge in [-0.15, -0.1) is 0 Å². The fraction of sp³-hybridized carbons (Fsp3) is 0.556. The number of carbonyl (C=O) groups is 2. The zero-order valence-corrected chi connectivity index (χ0v) is 15.1. The lowest BCUT2D eigenvalue weighted by molar-refractivity contribution is 0.0469. The molecule has 138 valence electrons. The van der Waals surface area contributed by atoms with Crippen molar-refractivity contribution in [1.29, 1.82) is 0 Å². The molecule has 1 aromatic rings. The van der Waals surface area contributed by atoms with Gasteiger partial charge in [-0.1, -0.05) is 6.07 Å². The van der Waals surface area contributed by atoms with E-state index < -0.39 is 17.7 Å². The van der Waals surface area contributed by atoms with Crippen LogP contribution in [0.1, 0.15) is 50.8 Å². The Labute approximate surface area is 147 Å². The van der Waals surface area contributed by atoms with E-state index in [1.54, 1.807) is 38.7 Å². The van der Waals surface area contributed by atoms with E-state index in [2.05, 4.69) is 5.32 Å². The second-order valence-corrected chi connectivity index (χ2v) is 7.42. The molecule has 1 saturated heterocycles. The minimum absolute atomic E-state index is 0.153. The molecular weight excluding hydrogens is 325 g/mol. The number of halogens is 1. The van der Waals surface area contributed by atoms with Crippen LogP contribution in [0.4, 0.5) is 14.0 Å². The third-order valence-corrected chi connectivity index (χ3v) is 4.20. The first-order valence-electron chi connectivity index (χ1n) is 8.38. The standard InChI is InChI=1S/C18H26FN3O3/c1-11-9-12(19)5-6-14(11)15-10-13(7-8-22(15)16(20)23)21-17(24)25-18(2,3)4/h5-6,9,13,15H,7-8,10H2,1-4H3,(H2,20,23)(H,21,24). The second-order valence-electron chi connectivity index (χ2n) is 7.42. The first kappa shape index (κ1) is 19.0. The molecule has 0 aromatic heterocycles. The van der Waals surface area contributed by atoms with E-state index in [1.807, 2.05) is 0 Å². The average molecular weight is 351 g/mol. The van der Waals surface area contributed by atoms with Crippen molar-refractivity contribution in [1.82, 2.24) is 10.2 Å². The monoisotopic (exact) mass is 351 g/mol. The van der Waals surface area contributed by atoms with Crippen molar-refractivity contribution < 1.29 is 18.7 Å². The van der Waals surface area contributed by atoms with Crippen LogP contribution in [0.2, 0.25) is 0 Å². The topological polar surface area (TPSA) is 84.7 Å². The first-order valence-corrected chi connectivity index (χ1v) is 8.38. The highest BCUT2D eigenvalue weighted by atomic mass is 19.1. The highest BCUT2D eigenvalue weighted by molar-refractivity contribution is 5.73. The number of likely N-dealkylation sites (tertiary alicyclic amines) is 1. The molecule has 1 heterocycles. The quantitative estimate of drug-likeness (QED) is 0.858. The number of aryl methyl sites for hydroxylation is 1. The summed E-state index contributed by atoms with van der Waals surface area (Å²) in [5.74, 6) is -0.328. The van der Waals surface area contributed by atoms with Crippen LogP contribution in [0.5, 0.6) is 0 Å². The molecule has 25 heavy (non-hydrogen) atoms. The van der Waals surface area contributed by atoms with Crippen molar-refractivity contribution >= 4 is 12.1 Å². The van der Waals surface area contributed by atoms with Crippen molar-refractivity contribution in [3.8, 4) is 0 Å². The molecular formula is C18H26FN3O3. The number of carbonyl (C=O) groups excluding carboxylic acids is 2. The number of nitrogens with two attached hydrogens (primary N) is 1. The van der Waals surface area contributed by atoms with Crippen LogP contribution in [0.3, 0.4) is 0 Å². The minimum atomic E-state index is -0.578. The molecule has 3 amide bonds. The molecule has 2 rings (SSSR count). The summed E-state index contributed by atoms with van der Waals surface area (Å²) in [6, 6.07) is 3.48. The van der Waals surface area contributed by atoms with Gasteiger partial charge in [-0.05, 0) is 63.8 Å². The number of amides is 3. The lowest BCUT2D eigenvalue weighted by atomic mass is 9.89. The molecule has 2 unspecified atom stereocenters. The number of hydrogen-bond donors (Lipinski definition) is 2. The van der Waals surface area contributed by atoms with Gasteiger partial charge in [0.1, 0.15) is 11.4 Å². The average Bonchev–Trinajstić information content (AvgIpc) is 2.44. The summed E-state index contributed by atoms with van der Waals surface area (Å²) in [6.07, 6.45) is 0.590. The summed E-state index contributed by atoms with van der Waals surface area (Å²) in [4.78, 5) is 25.4. The Hall–Kier alpha value is -2.31. The van der Waals surface area contributed by atoms with Crippen LogP contribution >= 0.6 is 0 Å². The summed E-state index contributed by atoms with van der Waals surface area (Å²) in [6.45, 7) is 7.60. The molecule has 6 nitrogen and oxygen atoms in total. The number of alkyl carbamates (subject to hydrolysis) is 1. The summed E-state index contributed by atoms with van der Waals surface area (Å²) in [5, 5.41) is 2.85. The number of primary amides is 1. The van der Waals surface area contributed by atoms with Gasteiger partial charge in [0.05, 0.1) is 6.04 Å². The summed E-state index contributed by atoms with van der Waals surface area (Å²) in [7, 11) is 0. The predicted molar refractivity (Wildman–Crippen MR) is 92.6 cm³/mol. The molecule has 0 aliphatic carbocycles. The van der Waals surface area contributed by atoms with Gasteiger partial charge in [0.15, 0.2) is 0 Å². The number of benzene rings is 1. The van der Waals surface area contributed by atoms with E-state index in [-0.39, 0.29) is 17.9 Å². The first-order chi connectivity index (χ1) is 11.6. The Morgan fingerprint density at radius 3 is 2.60 bits per heavy atom. The van der Waals surface area contributed by atoms with Gasteiger partial charge < -0.3 is 20.7 Å². The number of nitrogens with one attached hydrogen (secondary N) is 1. The summed E-state index contributed by atoms with van der Waals surface area (Å²) >= 11 is 0. The van der Waals surface area contributed by atoms with Gasteiger partial charge in [-0.25, -0.2) is 14.0 Å². The van der Waals surface area contributed by atoms with Gasteiger partial charge >= 0.3 is 12.1 Å². The maximum atomic E-state index is 13.4. The van der Waals surface area contributed by atoms with E-state index in [0.29, 0.717) is 19.4 Å². The molecule has 0 bridgehead atoms. The van der Waals surface area contributed by atoms with E-state index in [4.69, 9.17) is 10.5 Å². The second kappa shape index (κ2) is 7.29. The number of nitrogens with zero attached hydrogens (tertiary/aromatic N) is 1. The zero-order chi connectivity index (χ0) is 18.8. The molecule has 2 atom stereocenters. The van der Waals surface area contributed by atoms with Crippen LogP contribution in [0, 0.1) is 12.7 Å². The third kappa shape index (κ3) is 5.08. The van der Waals surface area contributed by atoms with Crippen LogP contribution in [0.15, 0.2) is 18.2 Å². The molecule has 3 N–H and O–H groups in total. The highest BCUT2D eigenvalue weighted by Crippen LogP contribution is 2.33. The molecule has 1 fully saturated rings. The summed E-state index contributed by atoms with van der Waals surface area (Å²) < 4.78 is 18.7. The Morgan fingerprint density at radius 1 is 1.36 bits per heavy atom. The number of urea groups is 1. The largest absolute Gasteiger partial charge is 0.444 e. The minimum Gasteiger partial charge on any atom is -0.444 e. The van der Waals surface area contributed by atoms with Gasteiger partial charge in [-0.3, -0.25) is 0 Å². The van der Waals surface area contributed by atoms with E-state index in [9.17, 15) is 14.0 Å². The lowest BCUT2D eigenvalue weighted by Crippen LogP contribution is -2.50. The Balaban J connectivity index is 2.16. The van der Waals surface area contributed by atoms with Crippen molar-refractivity contribution in [2.45, 2.75) is 58.2 Å². The van der Waals surface area contributed by atoms with Crippen molar-refractivity contribution in [2.24, 2.45) is 5.73 Å². The Kier molecular flexibility index (Phi) is 5.55. The normalized spacial score (nSPS) is 20.9. The molecule has 1 aliphatic rings. The highest BCUT2D eigenvalue weighted by Gasteiger charge is 2.33. The van der Waals surface area contributed by atoms with Gasteiger partial charge in [0.25, 0.3) is 0 Å². The van der Waals surface area contributed by atoms with Gasteiger partial charge in [0, 0.05) is 12.6 Å². The molecule has 0 spiro atoms. The van der Waals surface area contributed by atoms with Crippen molar-refractivity contribution in [3.63, 3.8) is 0 Å². The van der Waals surface area contributed by atoms with Crippen LogP contribution in [-0.4, -0.2) is 35.2 Å². The predicted octanol–water partition coefficient (Wildman–Crippen LogP) is 3.24. The van der Waals surface area contributed by atoms with E-state index in [1.165, 1.54) is 12.1 Å². The number of rotatable bonds is 2. The van der Waals surface area contributed by atoms with E-state index in [0.717, 1.165) is 11.1 Å². The van der Waals surface area contributed by atoms with Crippen molar-refractivity contribution in [3.05, 3.63) is 35.1 Å². The smallest absolute Gasteiger partial charge is 0.407 e. The zero-order valence-electron chi connectivity index (χ0n) is 15.1. The third-order valence-electron chi connectivity index (χ3n) is 4.20.